The Labute approximate surface area is 344 Å². The second-order valence-electron chi connectivity index (χ2n) is 14.4. The van der Waals surface area contributed by atoms with E-state index in [9.17, 15) is 23.2 Å². The monoisotopic (exact) mass is 841 g/mol. The zero-order valence-corrected chi connectivity index (χ0v) is 33.0. The highest BCUT2D eigenvalue weighted by Gasteiger charge is 2.38. The van der Waals surface area contributed by atoms with Crippen LogP contribution in [0.3, 0.4) is 0 Å². The highest BCUT2D eigenvalue weighted by molar-refractivity contribution is 6.35. The average Bonchev–Trinajstić information content (AvgIpc) is 4.05. The summed E-state index contributed by atoms with van der Waals surface area (Å²) in [6.45, 7) is -0.180. The number of aromatic nitrogens is 1. The Bertz CT molecular complexity index is 2060. The topological polar surface area (TPSA) is 157 Å². The number of ether oxygens (including phenoxy) is 5. The maximum absolute atomic E-state index is 13.9. The molecular weight excluding hydrogens is 799 g/mol. The third kappa shape index (κ3) is 10.5. The number of benzene rings is 3. The summed E-state index contributed by atoms with van der Waals surface area (Å²) < 4.78 is 54.6. The number of carbonyl (C=O) groups is 3. The van der Waals surface area contributed by atoms with Crippen LogP contribution in [0.25, 0.3) is 0 Å². The molecule has 3 atom stereocenters. The molecule has 58 heavy (non-hydrogen) atoms. The number of rotatable bonds is 16. The minimum absolute atomic E-state index is 0. The SMILES string of the molecule is COc1ccc(C(NC(=O)c2cccc(C(=O)O[C@@H](Cc3c(Cl)c[nH+]cc3Cl)c3ccc(OC(F)F)c(OCC4CC4)c3)c2)C(=O)O[C@H]2CN3CCC2CC3)cc1.[OH-]. The number of hydrogen-bond acceptors (Lipinski definition) is 10. The van der Waals surface area contributed by atoms with E-state index in [0.29, 0.717) is 41.5 Å². The van der Waals surface area contributed by atoms with Crippen molar-refractivity contribution in [3.05, 3.63) is 117 Å². The quantitative estimate of drug-likeness (QED) is 0.114. The third-order valence-corrected chi connectivity index (χ3v) is 11.2. The molecule has 4 aromatic rings. The van der Waals surface area contributed by atoms with Gasteiger partial charge in [-0.1, -0.05) is 47.5 Å². The number of nitrogens with one attached hydrogen (secondary N) is 2. The lowest BCUT2D eigenvalue weighted by Crippen LogP contribution is -2.52. The van der Waals surface area contributed by atoms with Gasteiger partial charge >= 0.3 is 18.6 Å². The molecule has 1 saturated carbocycles. The molecule has 4 aliphatic rings. The number of alkyl halides is 2. The molecule has 3 aromatic carbocycles. The van der Waals surface area contributed by atoms with Crippen LogP contribution in [0.15, 0.2) is 79.1 Å². The van der Waals surface area contributed by atoms with Crippen molar-refractivity contribution in [3.63, 3.8) is 0 Å². The molecule has 1 amide bonds. The van der Waals surface area contributed by atoms with Gasteiger partial charge in [0.25, 0.3) is 5.91 Å². The number of methoxy groups -OCH3 is 1. The number of piperidine rings is 3. The van der Waals surface area contributed by atoms with E-state index in [1.807, 2.05) is 0 Å². The number of aromatic amines is 1. The van der Waals surface area contributed by atoms with Crippen molar-refractivity contribution in [2.75, 3.05) is 33.4 Å². The van der Waals surface area contributed by atoms with Gasteiger partial charge in [-0.15, -0.1) is 0 Å². The first kappa shape index (κ1) is 42.6. The Kier molecular flexibility index (Phi) is 14.1. The molecule has 3 aliphatic heterocycles. The predicted molar refractivity (Wildman–Crippen MR) is 207 cm³/mol. The number of H-pyrrole nitrogens is 1. The van der Waals surface area contributed by atoms with Crippen molar-refractivity contribution < 1.29 is 57.3 Å². The largest absolute Gasteiger partial charge is 0.870 e. The van der Waals surface area contributed by atoms with Gasteiger partial charge in [-0.2, -0.15) is 8.78 Å². The van der Waals surface area contributed by atoms with Crippen LogP contribution in [0.2, 0.25) is 10.0 Å². The van der Waals surface area contributed by atoms with Crippen molar-refractivity contribution >= 4 is 41.0 Å². The van der Waals surface area contributed by atoms with Crippen LogP contribution in [0.5, 0.6) is 17.2 Å². The van der Waals surface area contributed by atoms with Crippen LogP contribution < -0.4 is 24.5 Å². The van der Waals surface area contributed by atoms with Gasteiger partial charge in [0, 0.05) is 24.1 Å². The first-order valence-electron chi connectivity index (χ1n) is 18.8. The van der Waals surface area contributed by atoms with E-state index in [0.717, 1.165) is 38.8 Å². The van der Waals surface area contributed by atoms with E-state index in [2.05, 4.69) is 15.2 Å². The lowest BCUT2D eigenvalue weighted by Gasteiger charge is -2.44. The van der Waals surface area contributed by atoms with Gasteiger partial charge in [0.1, 0.15) is 28.0 Å². The molecule has 308 valence electrons. The molecule has 4 fully saturated rings. The molecule has 0 spiro atoms. The summed E-state index contributed by atoms with van der Waals surface area (Å²) in [5.74, 6) is -0.964. The number of hydrogen-bond donors (Lipinski definition) is 1. The Balaban J connectivity index is 0.00000567. The normalized spacial score (nSPS) is 19.3. The van der Waals surface area contributed by atoms with Crippen molar-refractivity contribution in [1.82, 2.24) is 10.2 Å². The van der Waals surface area contributed by atoms with Gasteiger partial charge in [-0.05, 0) is 104 Å². The van der Waals surface area contributed by atoms with Gasteiger partial charge < -0.3 is 34.5 Å². The first-order valence-corrected chi connectivity index (χ1v) is 19.5. The molecule has 1 unspecified atom stereocenters. The number of esters is 2. The van der Waals surface area contributed by atoms with Gasteiger partial charge in [-0.3, -0.25) is 9.69 Å². The lowest BCUT2D eigenvalue weighted by atomic mass is 9.86. The van der Waals surface area contributed by atoms with E-state index >= 15 is 0 Å². The van der Waals surface area contributed by atoms with Crippen LogP contribution in [-0.4, -0.2) is 74.3 Å². The highest BCUT2D eigenvalue weighted by Crippen LogP contribution is 2.38. The maximum Gasteiger partial charge on any atom is 0.387 e. The summed E-state index contributed by atoms with van der Waals surface area (Å²) in [5.41, 5.74) is 1.48. The number of halogens is 4. The molecule has 0 radical (unpaired) electrons. The summed E-state index contributed by atoms with van der Waals surface area (Å²) in [6.07, 6.45) is 5.55. The second-order valence-corrected chi connectivity index (χ2v) is 15.3. The van der Waals surface area contributed by atoms with Crippen molar-refractivity contribution in [2.24, 2.45) is 11.8 Å². The number of amides is 1. The molecule has 1 aromatic heterocycles. The van der Waals surface area contributed by atoms with Crippen LogP contribution >= 0.6 is 23.2 Å². The summed E-state index contributed by atoms with van der Waals surface area (Å²) in [6, 6.07) is 15.8. The molecule has 1 aliphatic carbocycles. The third-order valence-electron chi connectivity index (χ3n) is 10.5. The summed E-state index contributed by atoms with van der Waals surface area (Å²) in [4.78, 5) is 46.7. The maximum atomic E-state index is 13.9. The molecule has 8 rings (SSSR count). The van der Waals surface area contributed by atoms with E-state index < -0.39 is 36.6 Å². The van der Waals surface area contributed by atoms with Crippen LogP contribution in [0.1, 0.15) is 75.2 Å². The molecule has 4 heterocycles. The van der Waals surface area contributed by atoms with Gasteiger partial charge in [0.05, 0.1) is 19.3 Å². The van der Waals surface area contributed by atoms with Gasteiger partial charge in [-0.25, -0.2) is 14.6 Å². The predicted octanol–water partition coefficient (Wildman–Crippen LogP) is 7.28. The first-order chi connectivity index (χ1) is 27.5. The summed E-state index contributed by atoms with van der Waals surface area (Å²) >= 11 is 13.0. The van der Waals surface area contributed by atoms with E-state index in [4.69, 9.17) is 46.9 Å². The Hall–Kier alpha value is -5.02. The molecule has 3 N–H and O–H groups in total. The molecule has 16 heteroatoms. The summed E-state index contributed by atoms with van der Waals surface area (Å²) in [7, 11) is 1.53. The van der Waals surface area contributed by atoms with Crippen LogP contribution in [0, 0.1) is 11.8 Å². The number of carbonyl (C=O) groups excluding carboxylic acids is 3. The number of nitrogens with zero attached hydrogens (tertiary/aromatic N) is 1. The zero-order valence-electron chi connectivity index (χ0n) is 31.5. The van der Waals surface area contributed by atoms with Crippen molar-refractivity contribution in [1.29, 1.82) is 0 Å². The number of fused-ring (bicyclic) bond motifs is 3. The standard InChI is InChI=1S/C42H41Cl2F2N3O8.H2O/c1-53-30-10-7-26(8-11-30)38(41(52)56-37-22-49-15-13-25(37)14-16-49)48-39(50)28-3-2-4-29(17-28)40(51)55-35(19-31-32(43)20-47-21-33(31)44)27-9-12-34(57-42(45)46)36(18-27)54-23-24-5-6-24;/h2-4,7-12,17-18,20-21,24-25,35,37-38,42H,5-6,13-16,19,22-23H2,1H3,(H,48,50);1H2/t35-,37-,38?;/m0./s1. The fourth-order valence-corrected chi connectivity index (χ4v) is 7.68. The van der Waals surface area contributed by atoms with Crippen LogP contribution in [0.4, 0.5) is 8.78 Å². The summed E-state index contributed by atoms with van der Waals surface area (Å²) in [5, 5.41) is 3.38. The molecule has 2 bridgehead atoms. The smallest absolute Gasteiger partial charge is 0.387 e. The van der Waals surface area contributed by atoms with Gasteiger partial charge in [0.2, 0.25) is 0 Å². The Morgan fingerprint density at radius 1 is 0.897 bits per heavy atom. The zero-order chi connectivity index (χ0) is 40.1. The van der Waals surface area contributed by atoms with Gasteiger partial charge in [0.15, 0.2) is 29.9 Å². The van der Waals surface area contributed by atoms with E-state index in [-0.39, 0.29) is 56.6 Å². The Morgan fingerprint density at radius 2 is 1.59 bits per heavy atom. The number of pyridine rings is 1. The highest BCUT2D eigenvalue weighted by atomic mass is 35.5. The van der Waals surface area contributed by atoms with Crippen molar-refractivity contribution in [3.8, 4) is 17.2 Å². The van der Waals surface area contributed by atoms with E-state index in [1.54, 1.807) is 24.3 Å². The second kappa shape index (κ2) is 19.2. The lowest BCUT2D eigenvalue weighted by molar-refractivity contribution is -0.377. The van der Waals surface area contributed by atoms with Crippen LogP contribution in [-0.2, 0) is 20.7 Å². The van der Waals surface area contributed by atoms with Crippen molar-refractivity contribution in [2.45, 2.75) is 57.0 Å². The minimum atomic E-state index is -3.09. The molecular formula is C42H43Cl2F2N3O9. The fraction of sp³-hybridized carbons (Fsp3) is 0.381. The molecule has 12 nitrogen and oxygen atoms in total. The molecule has 3 saturated heterocycles. The fourth-order valence-electron chi connectivity index (χ4n) is 7.14. The average molecular weight is 843 g/mol. The van der Waals surface area contributed by atoms with E-state index in [1.165, 1.54) is 62.0 Å². The Morgan fingerprint density at radius 3 is 2.22 bits per heavy atom. The minimum Gasteiger partial charge on any atom is -0.870 e.